The van der Waals surface area contributed by atoms with Crippen LogP contribution in [0.1, 0.15) is 63.4 Å². The third kappa shape index (κ3) is 3.11. The van der Waals surface area contributed by atoms with Crippen LogP contribution in [0.5, 0.6) is 0 Å². The van der Waals surface area contributed by atoms with Crippen molar-refractivity contribution in [2.24, 2.45) is 11.1 Å². The van der Waals surface area contributed by atoms with Gasteiger partial charge in [-0.3, -0.25) is 0 Å². The van der Waals surface area contributed by atoms with E-state index in [2.05, 4.69) is 32.6 Å². The van der Waals surface area contributed by atoms with Gasteiger partial charge in [-0.1, -0.05) is 34.1 Å². The minimum Gasteiger partial charge on any atom is -0.348 e. The van der Waals surface area contributed by atoms with E-state index in [0.717, 1.165) is 13.1 Å². The molecule has 0 spiro atoms. The van der Waals surface area contributed by atoms with Crippen molar-refractivity contribution in [1.29, 1.82) is 0 Å². The molecule has 4 heteroatoms. The van der Waals surface area contributed by atoms with Crippen molar-refractivity contribution < 1.29 is 0 Å². The van der Waals surface area contributed by atoms with Gasteiger partial charge in [-0.2, -0.15) is 0 Å². The Kier molecular flexibility index (Phi) is 4.51. The lowest BCUT2D eigenvalue weighted by Gasteiger charge is -2.38. The molecule has 0 aliphatic carbocycles. The molecule has 1 fully saturated rings. The van der Waals surface area contributed by atoms with Gasteiger partial charge >= 0.3 is 0 Å². The molecular weight excluding hydrogens is 254 g/mol. The van der Waals surface area contributed by atoms with Crippen molar-refractivity contribution in [1.82, 2.24) is 4.98 Å². The smallest absolute Gasteiger partial charge is 0.185 e. The number of piperidine rings is 1. The Morgan fingerprint density at radius 2 is 2.00 bits per heavy atom. The zero-order valence-electron chi connectivity index (χ0n) is 12.7. The van der Waals surface area contributed by atoms with Gasteiger partial charge in [0.25, 0.3) is 0 Å². The van der Waals surface area contributed by atoms with Crippen molar-refractivity contribution in [3.63, 3.8) is 0 Å². The summed E-state index contributed by atoms with van der Waals surface area (Å²) in [6.45, 7) is 12.0. The summed E-state index contributed by atoms with van der Waals surface area (Å²) >= 11 is 1.79. The molecule has 1 aliphatic rings. The summed E-state index contributed by atoms with van der Waals surface area (Å²) in [5.41, 5.74) is 7.58. The van der Waals surface area contributed by atoms with E-state index in [4.69, 9.17) is 10.7 Å². The van der Waals surface area contributed by atoms with Gasteiger partial charge in [-0.15, -0.1) is 11.3 Å². The summed E-state index contributed by atoms with van der Waals surface area (Å²) in [5.74, 6) is 0.467. The van der Waals surface area contributed by atoms with Gasteiger partial charge in [-0.25, -0.2) is 4.98 Å². The fraction of sp³-hybridized carbons (Fsp3) is 0.800. The minimum absolute atomic E-state index is 0.467. The van der Waals surface area contributed by atoms with E-state index in [0.29, 0.717) is 17.9 Å². The summed E-state index contributed by atoms with van der Waals surface area (Å²) in [4.78, 5) is 8.55. The van der Waals surface area contributed by atoms with Crippen molar-refractivity contribution >= 4 is 16.5 Å². The first-order valence-corrected chi connectivity index (χ1v) is 8.25. The lowest BCUT2D eigenvalue weighted by Crippen LogP contribution is -2.38. The fourth-order valence-corrected chi connectivity index (χ4v) is 3.82. The van der Waals surface area contributed by atoms with E-state index in [9.17, 15) is 0 Å². The van der Waals surface area contributed by atoms with Gasteiger partial charge in [0.1, 0.15) is 0 Å². The maximum Gasteiger partial charge on any atom is 0.185 e. The number of nitrogens with zero attached hydrogens (tertiary/aromatic N) is 2. The normalized spacial score (nSPS) is 19.2. The Bertz CT molecular complexity index is 417. The van der Waals surface area contributed by atoms with Crippen molar-refractivity contribution in [2.75, 3.05) is 18.0 Å². The maximum atomic E-state index is 5.85. The average Bonchev–Trinajstić information content (AvgIpc) is 2.84. The Labute approximate surface area is 121 Å². The standard InChI is InChI=1S/C15H27N3S/c1-5-15(4)6-8-18(9-7-15)14-17-13(11(2)3)12(10-16)19-14/h11H,5-10,16H2,1-4H3. The first-order valence-electron chi connectivity index (χ1n) is 7.43. The Hall–Kier alpha value is -0.610. The van der Waals surface area contributed by atoms with E-state index in [-0.39, 0.29) is 0 Å². The van der Waals surface area contributed by atoms with Crippen LogP contribution >= 0.6 is 11.3 Å². The van der Waals surface area contributed by atoms with E-state index < -0.39 is 0 Å². The highest BCUT2D eigenvalue weighted by atomic mass is 32.1. The quantitative estimate of drug-likeness (QED) is 0.914. The molecule has 0 atom stereocenters. The van der Waals surface area contributed by atoms with E-state index in [1.165, 1.54) is 35.0 Å². The number of rotatable bonds is 4. The van der Waals surface area contributed by atoms with Gasteiger partial charge in [0.15, 0.2) is 5.13 Å². The Balaban J connectivity index is 2.11. The monoisotopic (exact) mass is 281 g/mol. The second-order valence-electron chi connectivity index (χ2n) is 6.31. The molecule has 1 aliphatic heterocycles. The largest absolute Gasteiger partial charge is 0.348 e. The summed E-state index contributed by atoms with van der Waals surface area (Å²) < 4.78 is 0. The van der Waals surface area contributed by atoms with Crippen LogP contribution in [0, 0.1) is 5.41 Å². The molecule has 0 unspecified atom stereocenters. The molecule has 1 aromatic rings. The van der Waals surface area contributed by atoms with E-state index in [1.807, 2.05) is 0 Å². The topological polar surface area (TPSA) is 42.2 Å². The van der Waals surface area contributed by atoms with Crippen LogP contribution in [-0.4, -0.2) is 18.1 Å². The van der Waals surface area contributed by atoms with Crippen LogP contribution in [0.15, 0.2) is 0 Å². The molecule has 1 saturated heterocycles. The van der Waals surface area contributed by atoms with E-state index in [1.54, 1.807) is 11.3 Å². The van der Waals surface area contributed by atoms with Crippen LogP contribution in [0.3, 0.4) is 0 Å². The van der Waals surface area contributed by atoms with Gasteiger partial charge in [0, 0.05) is 24.5 Å². The van der Waals surface area contributed by atoms with Crippen LogP contribution in [0.2, 0.25) is 0 Å². The molecule has 1 aromatic heterocycles. The number of hydrogen-bond acceptors (Lipinski definition) is 4. The van der Waals surface area contributed by atoms with Crippen molar-refractivity contribution in [3.8, 4) is 0 Å². The highest BCUT2D eigenvalue weighted by Gasteiger charge is 2.29. The molecule has 3 nitrogen and oxygen atoms in total. The maximum absolute atomic E-state index is 5.85. The molecule has 0 bridgehead atoms. The van der Waals surface area contributed by atoms with Gasteiger partial charge < -0.3 is 10.6 Å². The third-order valence-electron chi connectivity index (χ3n) is 4.54. The molecular formula is C15H27N3S. The summed E-state index contributed by atoms with van der Waals surface area (Å²) in [6.07, 6.45) is 3.83. The van der Waals surface area contributed by atoms with Crippen LogP contribution in [0.25, 0.3) is 0 Å². The molecule has 2 rings (SSSR count). The lowest BCUT2D eigenvalue weighted by atomic mass is 9.78. The number of thiazole rings is 1. The zero-order chi connectivity index (χ0) is 14.0. The van der Waals surface area contributed by atoms with E-state index >= 15 is 0 Å². The fourth-order valence-electron chi connectivity index (χ4n) is 2.67. The highest BCUT2D eigenvalue weighted by molar-refractivity contribution is 7.15. The molecule has 108 valence electrons. The Morgan fingerprint density at radius 3 is 2.42 bits per heavy atom. The summed E-state index contributed by atoms with van der Waals surface area (Å²) in [7, 11) is 0. The van der Waals surface area contributed by atoms with Gasteiger partial charge in [0.05, 0.1) is 5.69 Å². The second kappa shape index (κ2) is 5.80. The molecule has 2 N–H and O–H groups in total. The SMILES string of the molecule is CCC1(C)CCN(c2nc(C(C)C)c(CN)s2)CC1. The average molecular weight is 281 g/mol. The van der Waals surface area contributed by atoms with Gasteiger partial charge in [-0.05, 0) is 24.2 Å². The predicted molar refractivity (Wildman–Crippen MR) is 83.9 cm³/mol. The van der Waals surface area contributed by atoms with Gasteiger partial charge in [0.2, 0.25) is 0 Å². The number of hydrogen-bond donors (Lipinski definition) is 1. The first kappa shape index (κ1) is 14.8. The van der Waals surface area contributed by atoms with Crippen molar-refractivity contribution in [2.45, 2.75) is 59.4 Å². The van der Waals surface area contributed by atoms with Crippen LogP contribution in [-0.2, 0) is 6.54 Å². The minimum atomic E-state index is 0.467. The molecule has 0 saturated carbocycles. The lowest BCUT2D eigenvalue weighted by molar-refractivity contribution is 0.238. The summed E-state index contributed by atoms with van der Waals surface area (Å²) in [5, 5.41) is 1.18. The molecule has 2 heterocycles. The first-order chi connectivity index (χ1) is 8.99. The zero-order valence-corrected chi connectivity index (χ0v) is 13.5. The highest BCUT2D eigenvalue weighted by Crippen LogP contribution is 2.38. The Morgan fingerprint density at radius 1 is 1.37 bits per heavy atom. The third-order valence-corrected chi connectivity index (χ3v) is 5.70. The van der Waals surface area contributed by atoms with Crippen LogP contribution < -0.4 is 10.6 Å². The summed E-state index contributed by atoms with van der Waals surface area (Å²) in [6, 6.07) is 0. The number of nitrogens with two attached hydrogens (primary N) is 1. The number of anilines is 1. The molecule has 0 radical (unpaired) electrons. The van der Waals surface area contributed by atoms with Crippen LogP contribution in [0.4, 0.5) is 5.13 Å². The molecule has 19 heavy (non-hydrogen) atoms. The number of aromatic nitrogens is 1. The predicted octanol–water partition coefficient (Wildman–Crippen LogP) is 3.74. The molecule has 0 amide bonds. The van der Waals surface area contributed by atoms with Crippen molar-refractivity contribution in [3.05, 3.63) is 10.6 Å². The molecule has 0 aromatic carbocycles. The second-order valence-corrected chi connectivity index (χ2v) is 7.38.